The number of aromatic nitrogens is 7. The molecular weight excluding hydrogens is 1440 g/mol. The maximum absolute atomic E-state index is 14.5. The largest absolute Gasteiger partial charge is 0.497 e. The van der Waals surface area contributed by atoms with Crippen molar-refractivity contribution in [1.82, 2.24) is 34.1 Å². The van der Waals surface area contributed by atoms with E-state index in [9.17, 15) is 24.4 Å². The number of hydrogen-bond donors (Lipinski definition) is 1. The average Bonchev–Trinajstić information content (AvgIpc) is 1.58. The fourth-order valence-electron chi connectivity index (χ4n) is 13.7. The number of fused-ring (bicyclic) bond motifs is 1. The number of Topliss-reactive ketones (excluding diaryl/α,β-unsaturated/α-hetero) is 1. The summed E-state index contributed by atoms with van der Waals surface area (Å²) in [6.45, 7) is 18.3. The van der Waals surface area contributed by atoms with Crippen molar-refractivity contribution in [3.8, 4) is 17.6 Å². The highest BCUT2D eigenvalue weighted by Gasteiger charge is 2.57. The van der Waals surface area contributed by atoms with Gasteiger partial charge in [-0.3, -0.25) is 28.4 Å². The summed E-state index contributed by atoms with van der Waals surface area (Å²) < 4.78 is 74.0. The number of benzene rings is 5. The number of anilines is 2. The van der Waals surface area contributed by atoms with Crippen molar-refractivity contribution in [3.63, 3.8) is 0 Å². The zero-order chi connectivity index (χ0) is 76.9. The summed E-state index contributed by atoms with van der Waals surface area (Å²) >= 11 is 6.77. The van der Waals surface area contributed by atoms with E-state index >= 15 is 0 Å². The van der Waals surface area contributed by atoms with Gasteiger partial charge >= 0.3 is 12.7 Å². The summed E-state index contributed by atoms with van der Waals surface area (Å²) in [6.07, 6.45) is 1.03. The maximum Gasteiger partial charge on any atom is 0.327 e. The molecule has 108 heavy (non-hydrogen) atoms. The number of ether oxygens (including phenoxy) is 5. The molecule has 24 nitrogen and oxygen atoms in total. The van der Waals surface area contributed by atoms with Crippen LogP contribution in [0.3, 0.4) is 0 Å². The fourth-order valence-corrected chi connectivity index (χ4v) is 18.5. The van der Waals surface area contributed by atoms with E-state index in [2.05, 4.69) is 94.9 Å². The molecule has 5 aromatic carbocycles. The molecule has 12 rings (SSSR count). The molecule has 4 aromatic heterocycles. The third kappa shape index (κ3) is 16.7. The van der Waals surface area contributed by atoms with Crippen LogP contribution in [-0.2, 0) is 70.1 Å². The minimum atomic E-state index is -4.28. The number of aryl methyl sites for hydroxylation is 1. The van der Waals surface area contributed by atoms with Crippen molar-refractivity contribution in [2.45, 2.75) is 172 Å². The minimum Gasteiger partial charge on any atom is -0.497 e. The molecule has 0 spiro atoms. The van der Waals surface area contributed by atoms with Gasteiger partial charge in [0.25, 0.3) is 11.8 Å². The number of rotatable bonds is 29. The van der Waals surface area contributed by atoms with E-state index in [-0.39, 0.29) is 79.2 Å². The van der Waals surface area contributed by atoms with Crippen LogP contribution in [-0.4, -0.2) is 145 Å². The molecule has 1 N–H and O–H groups in total. The fraction of sp³-hybridized carbons (Fsp3) is 0.425. The van der Waals surface area contributed by atoms with Crippen molar-refractivity contribution in [2.24, 2.45) is 5.92 Å². The van der Waals surface area contributed by atoms with Gasteiger partial charge in [-0.1, -0.05) is 133 Å². The van der Waals surface area contributed by atoms with Crippen LogP contribution in [0, 0.1) is 17.2 Å². The number of carbonyl (C=O) groups excluding carboxylic acids is 4. The van der Waals surface area contributed by atoms with E-state index in [0.29, 0.717) is 53.5 Å². The summed E-state index contributed by atoms with van der Waals surface area (Å²) in [7, 11) is -2.58. The second-order valence-corrected chi connectivity index (χ2v) is 43.1. The van der Waals surface area contributed by atoms with Gasteiger partial charge in [0.05, 0.1) is 70.7 Å². The van der Waals surface area contributed by atoms with Gasteiger partial charge in [-0.15, -0.1) is 0 Å². The molecule has 9 aromatic rings. The molecule has 1 saturated carbocycles. The summed E-state index contributed by atoms with van der Waals surface area (Å²) in [4.78, 5) is 81.2. The lowest BCUT2D eigenvalue weighted by Crippen LogP contribution is -2.51. The molecule has 3 aliphatic rings. The van der Waals surface area contributed by atoms with E-state index in [4.69, 9.17) is 77.9 Å². The van der Waals surface area contributed by atoms with Crippen LogP contribution in [0.5, 0.6) is 11.5 Å². The van der Waals surface area contributed by atoms with Crippen LogP contribution in [0.15, 0.2) is 165 Å². The number of nitrogens with zero attached hydrogens (tertiary/aromatic N) is 9. The van der Waals surface area contributed by atoms with Crippen molar-refractivity contribution >= 4 is 92.6 Å². The molecule has 1 aliphatic carbocycles. The zero-order valence-corrected chi connectivity index (χ0v) is 67.1. The van der Waals surface area contributed by atoms with Crippen LogP contribution in [0.1, 0.15) is 136 Å². The van der Waals surface area contributed by atoms with Crippen molar-refractivity contribution in [3.05, 3.63) is 198 Å². The van der Waals surface area contributed by atoms with Crippen LogP contribution in [0.25, 0.3) is 22.2 Å². The number of ketones is 1. The monoisotopic (exact) mass is 1540 g/mol. The standard InChI is InChI=1S/C80H95N10O14PSSi2/c1-52(91)32-41-64(92)101-67-56(45-62(68(67)103-107(10,11)78(2,3)4)89-46-55-29-23-43-88(72-65(55)73(89)84-50-83-72)76(94)54-27-19-15-20-28-54)47-99-105(106,98-44-24-42-81)102-70-69(104-108(12,13)79(5,6)7)63(100-77(70)90-51-86-66-71(82-49-85-74(66)90)87-75(93)53-25-17-14-18-26-53)48-97-80(57-30-21-16-22-31-57,58-33-37-60(95-8)38-34-58)59-35-39-61(96-9)40-36-59/h14-22,25-28,30-31,33-40,46,49-51,56,62-63,67-70,77H,23-24,29,32,41,43-45,47-48H2,1-13H3,(H,82,85,87,93)/t56-,62-,63-,67-,68+,69+,70-,77-,105?/m1/s1. The second kappa shape index (κ2) is 32.8. The molecule has 1 unspecified atom stereocenters. The second-order valence-electron chi connectivity index (χ2n) is 30.6. The van der Waals surface area contributed by atoms with E-state index in [1.807, 2.05) is 103 Å². The maximum atomic E-state index is 14.5. The van der Waals surface area contributed by atoms with Crippen molar-refractivity contribution < 1.29 is 65.3 Å². The highest BCUT2D eigenvalue weighted by molar-refractivity contribution is 8.07. The zero-order valence-electron chi connectivity index (χ0n) is 63.4. The molecule has 6 heterocycles. The van der Waals surface area contributed by atoms with Gasteiger partial charge in [-0.05, 0) is 145 Å². The molecule has 9 atom stereocenters. The van der Waals surface area contributed by atoms with Gasteiger partial charge in [0.2, 0.25) is 0 Å². The number of esters is 1. The Labute approximate surface area is 637 Å². The van der Waals surface area contributed by atoms with E-state index in [1.165, 1.54) is 25.9 Å². The Bertz CT molecular complexity index is 4720. The van der Waals surface area contributed by atoms with Crippen molar-refractivity contribution in [2.75, 3.05) is 50.8 Å². The molecule has 1 saturated heterocycles. The average molecular weight is 1540 g/mol. The first kappa shape index (κ1) is 78.8. The number of nitrogens with one attached hydrogen (secondary N) is 1. The summed E-state index contributed by atoms with van der Waals surface area (Å²) in [5, 5.41) is 13.1. The molecular formula is C80H95N10O14PSSi2. The van der Waals surface area contributed by atoms with E-state index in [0.717, 1.165) is 27.6 Å². The van der Waals surface area contributed by atoms with Crippen LogP contribution >= 0.6 is 6.72 Å². The van der Waals surface area contributed by atoms with E-state index < -0.39 is 94.6 Å². The third-order valence-electron chi connectivity index (χ3n) is 21.5. The highest BCUT2D eigenvalue weighted by Crippen LogP contribution is 2.58. The lowest BCUT2D eigenvalue weighted by molar-refractivity contribution is -0.157. The van der Waals surface area contributed by atoms with Gasteiger partial charge < -0.3 is 56.3 Å². The first-order valence-corrected chi connectivity index (χ1v) is 44.8. The van der Waals surface area contributed by atoms with E-state index in [1.54, 1.807) is 60.1 Å². The summed E-state index contributed by atoms with van der Waals surface area (Å²) in [5.74, 6) is -0.261. The van der Waals surface area contributed by atoms with Gasteiger partial charge in [-0.25, -0.2) is 24.9 Å². The van der Waals surface area contributed by atoms with Gasteiger partial charge in [0.1, 0.15) is 77.5 Å². The number of imidazole rings is 1. The molecule has 0 bridgehead atoms. The topological polar surface area (TPSA) is 274 Å². The predicted molar refractivity (Wildman–Crippen MR) is 418 cm³/mol. The van der Waals surface area contributed by atoms with Gasteiger partial charge in [-0.2, -0.15) is 5.26 Å². The number of hydrogen-bond acceptors (Lipinski definition) is 21. The van der Waals surface area contributed by atoms with Gasteiger partial charge in [0.15, 0.2) is 39.8 Å². The Kier molecular flexibility index (Phi) is 24.0. The molecule has 2 amide bonds. The number of carbonyl (C=O) groups is 4. The Hall–Kier alpha value is -8.76. The summed E-state index contributed by atoms with van der Waals surface area (Å²) in [5.41, 5.74) is 3.83. The first-order valence-electron chi connectivity index (χ1n) is 36.5. The predicted octanol–water partition coefficient (Wildman–Crippen LogP) is 15.2. The molecule has 568 valence electrons. The normalized spacial score (nSPS) is 20.4. The molecule has 2 aliphatic heterocycles. The van der Waals surface area contributed by atoms with Gasteiger partial charge in [0, 0.05) is 36.2 Å². The number of nitriles is 1. The molecule has 0 radical (unpaired) electrons. The smallest absolute Gasteiger partial charge is 0.327 e. The molecule has 2 fully saturated rings. The third-order valence-corrected chi connectivity index (χ3v) is 32.8. The Morgan fingerprint density at radius 2 is 1.26 bits per heavy atom. The number of methoxy groups -OCH3 is 2. The van der Waals surface area contributed by atoms with Crippen LogP contribution in [0.4, 0.5) is 11.6 Å². The Balaban J connectivity index is 0.991. The van der Waals surface area contributed by atoms with Crippen molar-refractivity contribution in [1.29, 1.82) is 5.26 Å². The first-order chi connectivity index (χ1) is 51.6. The van der Waals surface area contributed by atoms with Crippen LogP contribution in [0.2, 0.25) is 36.3 Å². The minimum absolute atomic E-state index is 0.0539. The SMILES string of the molecule is COc1ccc(C(OC[C@H]2O[C@@H](n3cnc4c(NC(=O)c5ccccc5)ncnc43)[C@H](OP(=S)(OCCC#N)OC[C@H]3C[C@@H](n4cc5c6c(ncnc64)N(C(=O)c4ccccc4)CCC5)[C@H](O[Si](C)(C)C(C)(C)C)[C@@H]3OC(=O)CCC(C)=O)[C@H]2O[Si](C)(C)C(C)(C)C)(c2ccccc2)c2ccc(OC)cc2)cc1. The quantitative estimate of drug-likeness (QED) is 0.0150. The highest BCUT2D eigenvalue weighted by atomic mass is 32.5. The van der Waals surface area contributed by atoms with Crippen LogP contribution < -0.4 is 19.7 Å². The number of amides is 2. The Morgan fingerprint density at radius 3 is 1.86 bits per heavy atom. The molecule has 28 heteroatoms. The Morgan fingerprint density at radius 1 is 0.676 bits per heavy atom. The summed E-state index contributed by atoms with van der Waals surface area (Å²) in [6, 6.07) is 44.8. The lowest BCUT2D eigenvalue weighted by atomic mass is 9.80. The lowest BCUT2D eigenvalue weighted by Gasteiger charge is -2.42.